The monoisotopic (exact) mass is 377 g/mol. The van der Waals surface area contributed by atoms with E-state index in [0.717, 1.165) is 24.1 Å². The highest BCUT2D eigenvalue weighted by Gasteiger charge is 2.36. The van der Waals surface area contributed by atoms with Gasteiger partial charge in [0.2, 0.25) is 5.91 Å². The van der Waals surface area contributed by atoms with Gasteiger partial charge in [-0.2, -0.15) is 0 Å². The van der Waals surface area contributed by atoms with E-state index in [2.05, 4.69) is 9.71 Å². The maximum Gasteiger partial charge on any atom is 0.263 e. The van der Waals surface area contributed by atoms with Crippen molar-refractivity contribution in [3.8, 4) is 0 Å². The van der Waals surface area contributed by atoms with E-state index in [-0.39, 0.29) is 22.5 Å². The largest absolute Gasteiger partial charge is 0.312 e. The molecule has 1 aliphatic carbocycles. The number of amides is 1. The van der Waals surface area contributed by atoms with Crippen LogP contribution in [0.2, 0.25) is 5.02 Å². The minimum Gasteiger partial charge on any atom is -0.312 e. The first-order chi connectivity index (χ1) is 11.9. The maximum absolute atomic E-state index is 12.6. The van der Waals surface area contributed by atoms with Gasteiger partial charge in [-0.3, -0.25) is 9.52 Å². The number of sulfonamides is 1. The van der Waals surface area contributed by atoms with Gasteiger partial charge in [0.1, 0.15) is 5.82 Å². The number of nitrogens with zero attached hydrogens (tertiary/aromatic N) is 2. The number of carbonyl (C=O) groups excluding carboxylic acids is 1. The van der Waals surface area contributed by atoms with Crippen molar-refractivity contribution in [2.75, 3.05) is 16.2 Å². The van der Waals surface area contributed by atoms with E-state index in [0.29, 0.717) is 18.0 Å². The molecule has 0 unspecified atom stereocenters. The lowest BCUT2D eigenvalue weighted by atomic mass is 10.2. The zero-order valence-electron chi connectivity index (χ0n) is 13.3. The summed E-state index contributed by atoms with van der Waals surface area (Å²) < 4.78 is 27.5. The van der Waals surface area contributed by atoms with Crippen molar-refractivity contribution >= 4 is 39.0 Å². The third-order valence-electron chi connectivity index (χ3n) is 4.42. The number of carbonyl (C=O) groups is 1. The molecule has 1 amide bonds. The van der Waals surface area contributed by atoms with Crippen LogP contribution in [-0.4, -0.2) is 25.9 Å². The van der Waals surface area contributed by atoms with Crippen LogP contribution >= 0.6 is 11.6 Å². The number of aromatic nitrogens is 1. The number of benzene rings is 1. The van der Waals surface area contributed by atoms with Gasteiger partial charge < -0.3 is 4.90 Å². The SMILES string of the molecule is O=C(C1CC1)N1CCc2cc(S(=O)(=O)Nc3ccc(Cl)cn3)ccc21. The van der Waals surface area contributed by atoms with Gasteiger partial charge in [0.05, 0.1) is 9.92 Å². The summed E-state index contributed by atoms with van der Waals surface area (Å²) in [6, 6.07) is 7.94. The Morgan fingerprint density at radius 3 is 2.72 bits per heavy atom. The Morgan fingerprint density at radius 1 is 1.24 bits per heavy atom. The first kappa shape index (κ1) is 16.4. The average Bonchev–Trinajstić information content (AvgIpc) is 3.35. The quantitative estimate of drug-likeness (QED) is 0.888. The van der Waals surface area contributed by atoms with Crippen molar-refractivity contribution in [1.82, 2.24) is 4.98 Å². The molecular formula is C17H16ClN3O3S. The molecule has 25 heavy (non-hydrogen) atoms. The second-order valence-corrected chi connectivity index (χ2v) is 8.39. The van der Waals surface area contributed by atoms with Crippen LogP contribution < -0.4 is 9.62 Å². The predicted molar refractivity (Wildman–Crippen MR) is 95.3 cm³/mol. The van der Waals surface area contributed by atoms with Gasteiger partial charge in [-0.1, -0.05) is 11.6 Å². The third-order valence-corrected chi connectivity index (χ3v) is 5.99. The number of anilines is 2. The van der Waals surface area contributed by atoms with Crippen LogP contribution in [0.25, 0.3) is 0 Å². The second kappa shape index (κ2) is 6.00. The summed E-state index contributed by atoms with van der Waals surface area (Å²) in [5.41, 5.74) is 1.70. The topological polar surface area (TPSA) is 79.4 Å². The number of fused-ring (bicyclic) bond motifs is 1. The fourth-order valence-electron chi connectivity index (χ4n) is 2.96. The fraction of sp³-hybridized carbons (Fsp3) is 0.294. The van der Waals surface area contributed by atoms with Crippen LogP contribution in [0, 0.1) is 5.92 Å². The molecule has 130 valence electrons. The molecule has 1 saturated carbocycles. The van der Waals surface area contributed by atoms with Gasteiger partial charge in [0.25, 0.3) is 10.0 Å². The van der Waals surface area contributed by atoms with Crippen molar-refractivity contribution in [1.29, 1.82) is 0 Å². The molecule has 0 bridgehead atoms. The summed E-state index contributed by atoms with van der Waals surface area (Å²) in [4.78, 5) is 18.2. The number of rotatable bonds is 4. The zero-order valence-corrected chi connectivity index (χ0v) is 14.8. The molecule has 0 saturated heterocycles. The third kappa shape index (κ3) is 3.21. The summed E-state index contributed by atoms with van der Waals surface area (Å²) in [6.45, 7) is 0.611. The zero-order chi connectivity index (χ0) is 17.6. The van der Waals surface area contributed by atoms with Crippen LogP contribution in [0.1, 0.15) is 18.4 Å². The lowest BCUT2D eigenvalue weighted by molar-refractivity contribution is -0.119. The van der Waals surface area contributed by atoms with E-state index in [1.54, 1.807) is 23.1 Å². The van der Waals surface area contributed by atoms with Crippen LogP contribution in [0.15, 0.2) is 41.4 Å². The molecule has 0 atom stereocenters. The van der Waals surface area contributed by atoms with E-state index >= 15 is 0 Å². The maximum atomic E-state index is 12.6. The van der Waals surface area contributed by atoms with E-state index < -0.39 is 10.0 Å². The van der Waals surface area contributed by atoms with Gasteiger partial charge in [-0.05, 0) is 55.2 Å². The number of halogens is 1. The molecule has 0 radical (unpaired) electrons. The number of hydrogen-bond acceptors (Lipinski definition) is 4. The summed E-state index contributed by atoms with van der Waals surface area (Å²) in [5, 5.41) is 0.431. The minimum absolute atomic E-state index is 0.145. The summed E-state index contributed by atoms with van der Waals surface area (Å²) in [5.74, 6) is 0.500. The Labute approximate surface area is 150 Å². The van der Waals surface area contributed by atoms with Crippen LogP contribution in [0.4, 0.5) is 11.5 Å². The van der Waals surface area contributed by atoms with Crippen LogP contribution in [0.3, 0.4) is 0 Å². The van der Waals surface area contributed by atoms with Crippen molar-refractivity contribution in [2.24, 2.45) is 5.92 Å². The van der Waals surface area contributed by atoms with E-state index in [9.17, 15) is 13.2 Å². The lowest BCUT2D eigenvalue weighted by Gasteiger charge is -2.17. The first-order valence-electron chi connectivity index (χ1n) is 8.03. The Morgan fingerprint density at radius 2 is 2.04 bits per heavy atom. The van der Waals surface area contributed by atoms with Gasteiger partial charge in [-0.15, -0.1) is 0 Å². The van der Waals surface area contributed by atoms with Crippen molar-refractivity contribution < 1.29 is 13.2 Å². The molecule has 6 nitrogen and oxygen atoms in total. The number of pyridine rings is 1. The Bertz CT molecular complexity index is 940. The molecule has 4 rings (SSSR count). The van der Waals surface area contributed by atoms with E-state index in [1.165, 1.54) is 18.3 Å². The van der Waals surface area contributed by atoms with Gasteiger partial charge in [0, 0.05) is 24.3 Å². The molecule has 1 aromatic heterocycles. The number of nitrogens with one attached hydrogen (secondary N) is 1. The van der Waals surface area contributed by atoms with E-state index in [1.807, 2.05) is 0 Å². The molecule has 1 aliphatic heterocycles. The lowest BCUT2D eigenvalue weighted by Crippen LogP contribution is -2.30. The van der Waals surface area contributed by atoms with Gasteiger partial charge in [0.15, 0.2) is 0 Å². The molecule has 8 heteroatoms. The molecule has 1 fully saturated rings. The Hall–Kier alpha value is -2.12. The number of hydrogen-bond donors (Lipinski definition) is 1. The smallest absolute Gasteiger partial charge is 0.263 e. The fourth-order valence-corrected chi connectivity index (χ4v) is 4.13. The molecular weight excluding hydrogens is 362 g/mol. The van der Waals surface area contributed by atoms with Crippen LogP contribution in [0.5, 0.6) is 0 Å². The van der Waals surface area contributed by atoms with E-state index in [4.69, 9.17) is 11.6 Å². The standard InChI is InChI=1S/C17H16ClN3O3S/c18-13-3-6-16(19-10-13)20-25(23,24)14-4-5-15-12(9-14)7-8-21(15)17(22)11-1-2-11/h3-6,9-11H,1-2,7-8H2,(H,19,20). The molecule has 0 spiro atoms. The molecule has 2 heterocycles. The molecule has 1 aromatic carbocycles. The van der Waals surface area contributed by atoms with Gasteiger partial charge >= 0.3 is 0 Å². The molecule has 2 aromatic rings. The predicted octanol–water partition coefficient (Wildman–Crippen LogP) is 2.83. The summed E-state index contributed by atoms with van der Waals surface area (Å²) in [6.07, 6.45) is 3.95. The van der Waals surface area contributed by atoms with Crippen molar-refractivity contribution in [3.63, 3.8) is 0 Å². The highest BCUT2D eigenvalue weighted by atomic mass is 35.5. The highest BCUT2D eigenvalue weighted by Crippen LogP contribution is 2.37. The summed E-state index contributed by atoms with van der Waals surface area (Å²) >= 11 is 5.76. The van der Waals surface area contributed by atoms with Gasteiger partial charge in [-0.25, -0.2) is 13.4 Å². The first-order valence-corrected chi connectivity index (χ1v) is 9.89. The van der Waals surface area contributed by atoms with Crippen LogP contribution in [-0.2, 0) is 21.2 Å². The molecule has 2 aliphatic rings. The normalized spacial score (nSPS) is 16.6. The van der Waals surface area contributed by atoms with Crippen molar-refractivity contribution in [2.45, 2.75) is 24.2 Å². The summed E-state index contributed by atoms with van der Waals surface area (Å²) in [7, 11) is -3.75. The molecule has 1 N–H and O–H groups in total. The average molecular weight is 378 g/mol. The Kier molecular flexibility index (Phi) is 3.92. The second-order valence-electron chi connectivity index (χ2n) is 6.27. The Balaban J connectivity index is 1.59. The van der Waals surface area contributed by atoms with Crippen molar-refractivity contribution in [3.05, 3.63) is 47.1 Å². The highest BCUT2D eigenvalue weighted by molar-refractivity contribution is 7.92. The minimum atomic E-state index is -3.75.